The van der Waals surface area contributed by atoms with Gasteiger partial charge in [0.25, 0.3) is 0 Å². The molecule has 5 heteroatoms. The summed E-state index contributed by atoms with van der Waals surface area (Å²) in [6.07, 6.45) is 1.64. The fourth-order valence-corrected chi connectivity index (χ4v) is 2.09. The van der Waals surface area contributed by atoms with Gasteiger partial charge in [-0.2, -0.15) is 0 Å². The maximum Gasteiger partial charge on any atom is 0.134 e. The van der Waals surface area contributed by atoms with Crippen LogP contribution in [-0.4, -0.2) is 40.3 Å². The average molecular weight is 250 g/mol. The number of anilines is 2. The molecule has 1 aromatic rings. The molecule has 1 aromatic heterocycles. The number of rotatable bonds is 4. The van der Waals surface area contributed by atoms with Gasteiger partial charge < -0.3 is 15.3 Å². The van der Waals surface area contributed by atoms with Crippen molar-refractivity contribution in [3.63, 3.8) is 0 Å². The molecule has 100 valence electrons. The van der Waals surface area contributed by atoms with Crippen LogP contribution in [0.3, 0.4) is 0 Å². The van der Waals surface area contributed by atoms with Gasteiger partial charge in [0.2, 0.25) is 0 Å². The second-order valence-electron chi connectivity index (χ2n) is 5.00. The highest BCUT2D eigenvalue weighted by molar-refractivity contribution is 5.50. The molecule has 2 atom stereocenters. The van der Waals surface area contributed by atoms with Crippen LogP contribution in [0.15, 0.2) is 6.07 Å². The zero-order valence-electron chi connectivity index (χ0n) is 11.3. The third-order valence-corrected chi connectivity index (χ3v) is 3.32. The molecule has 18 heavy (non-hydrogen) atoms. The van der Waals surface area contributed by atoms with Gasteiger partial charge in [-0.25, -0.2) is 9.97 Å². The molecule has 1 aliphatic heterocycles. The number of hydrogen-bond donors (Lipinski definition) is 2. The zero-order chi connectivity index (χ0) is 13.1. The molecule has 2 heterocycles. The molecule has 0 spiro atoms. The third kappa shape index (κ3) is 3.10. The Morgan fingerprint density at radius 2 is 2.33 bits per heavy atom. The predicted molar refractivity (Wildman–Crippen MR) is 73.0 cm³/mol. The minimum atomic E-state index is -0.230. The molecular weight excluding hydrogens is 228 g/mol. The lowest BCUT2D eigenvalue weighted by Gasteiger charge is -2.19. The summed E-state index contributed by atoms with van der Waals surface area (Å²) in [4.78, 5) is 11.0. The van der Waals surface area contributed by atoms with E-state index in [2.05, 4.69) is 34.0 Å². The molecule has 2 N–H and O–H groups in total. The van der Waals surface area contributed by atoms with E-state index in [0.29, 0.717) is 12.6 Å². The first-order chi connectivity index (χ1) is 8.58. The number of aliphatic hydroxyl groups excluding tert-OH is 1. The van der Waals surface area contributed by atoms with Crippen molar-refractivity contribution in [2.75, 3.05) is 23.3 Å². The lowest BCUT2D eigenvalue weighted by atomic mass is 10.2. The van der Waals surface area contributed by atoms with Crippen molar-refractivity contribution >= 4 is 11.6 Å². The van der Waals surface area contributed by atoms with Crippen LogP contribution in [0.25, 0.3) is 0 Å². The van der Waals surface area contributed by atoms with Crippen LogP contribution < -0.4 is 10.2 Å². The maximum atomic E-state index is 9.58. The SMILES string of the molecule is CCC(C)Nc1cc(N2CCC(O)C2)nc(C)n1. The van der Waals surface area contributed by atoms with Crippen molar-refractivity contribution in [3.8, 4) is 0 Å². The quantitative estimate of drug-likeness (QED) is 0.849. The summed E-state index contributed by atoms with van der Waals surface area (Å²) < 4.78 is 0. The van der Waals surface area contributed by atoms with E-state index >= 15 is 0 Å². The fraction of sp³-hybridized carbons (Fsp3) is 0.692. The van der Waals surface area contributed by atoms with Gasteiger partial charge >= 0.3 is 0 Å². The second kappa shape index (κ2) is 5.52. The molecule has 0 bridgehead atoms. The van der Waals surface area contributed by atoms with E-state index in [0.717, 1.165) is 36.8 Å². The smallest absolute Gasteiger partial charge is 0.134 e. The number of β-amino-alcohol motifs (C(OH)–C–C–N with tert-alkyl or cyclic N) is 1. The van der Waals surface area contributed by atoms with Crippen molar-refractivity contribution in [1.29, 1.82) is 0 Å². The summed E-state index contributed by atoms with van der Waals surface area (Å²) in [6, 6.07) is 2.37. The highest BCUT2D eigenvalue weighted by Crippen LogP contribution is 2.21. The number of aryl methyl sites for hydroxylation is 1. The zero-order valence-corrected chi connectivity index (χ0v) is 11.3. The topological polar surface area (TPSA) is 61.3 Å². The number of aliphatic hydroxyl groups is 1. The van der Waals surface area contributed by atoms with E-state index in [1.807, 2.05) is 13.0 Å². The molecule has 0 saturated carbocycles. The highest BCUT2D eigenvalue weighted by atomic mass is 16.3. The molecular formula is C13H22N4O. The summed E-state index contributed by atoms with van der Waals surface area (Å²) in [5.74, 6) is 2.54. The fourth-order valence-electron chi connectivity index (χ4n) is 2.09. The first kappa shape index (κ1) is 13.1. The minimum Gasteiger partial charge on any atom is -0.391 e. The molecule has 2 unspecified atom stereocenters. The van der Waals surface area contributed by atoms with Gasteiger partial charge in [-0.15, -0.1) is 0 Å². The van der Waals surface area contributed by atoms with Gasteiger partial charge in [0.05, 0.1) is 6.10 Å². The van der Waals surface area contributed by atoms with Crippen molar-refractivity contribution in [1.82, 2.24) is 9.97 Å². The largest absolute Gasteiger partial charge is 0.391 e. The first-order valence-corrected chi connectivity index (χ1v) is 6.63. The van der Waals surface area contributed by atoms with Crippen molar-refractivity contribution < 1.29 is 5.11 Å². The van der Waals surface area contributed by atoms with E-state index < -0.39 is 0 Å². The van der Waals surface area contributed by atoms with Gasteiger partial charge in [0, 0.05) is 25.2 Å². The lowest BCUT2D eigenvalue weighted by Crippen LogP contribution is -2.23. The van der Waals surface area contributed by atoms with Crippen molar-refractivity contribution in [2.24, 2.45) is 0 Å². The van der Waals surface area contributed by atoms with Crippen LogP contribution in [0.4, 0.5) is 11.6 Å². The molecule has 0 radical (unpaired) electrons. The first-order valence-electron chi connectivity index (χ1n) is 6.63. The van der Waals surface area contributed by atoms with Crippen LogP contribution in [0.5, 0.6) is 0 Å². The number of nitrogens with one attached hydrogen (secondary N) is 1. The summed E-state index contributed by atoms with van der Waals surface area (Å²) in [5.41, 5.74) is 0. The summed E-state index contributed by atoms with van der Waals surface area (Å²) in [6.45, 7) is 7.71. The van der Waals surface area contributed by atoms with Gasteiger partial charge in [0.15, 0.2) is 0 Å². The number of hydrogen-bond acceptors (Lipinski definition) is 5. The number of aromatic nitrogens is 2. The molecule has 2 rings (SSSR count). The van der Waals surface area contributed by atoms with Crippen LogP contribution in [0.1, 0.15) is 32.5 Å². The van der Waals surface area contributed by atoms with Crippen LogP contribution in [0, 0.1) is 6.92 Å². The Morgan fingerprint density at radius 3 is 2.94 bits per heavy atom. The Bertz CT molecular complexity index is 410. The van der Waals surface area contributed by atoms with Gasteiger partial charge in [0.1, 0.15) is 17.5 Å². The summed E-state index contributed by atoms with van der Waals surface area (Å²) >= 11 is 0. The lowest BCUT2D eigenvalue weighted by molar-refractivity contribution is 0.198. The van der Waals surface area contributed by atoms with Crippen molar-refractivity contribution in [3.05, 3.63) is 11.9 Å². The Balaban J connectivity index is 2.16. The molecule has 1 fully saturated rings. The van der Waals surface area contributed by atoms with Gasteiger partial charge in [-0.05, 0) is 26.7 Å². The average Bonchev–Trinajstić information content (AvgIpc) is 2.75. The molecule has 0 aromatic carbocycles. The Kier molecular flexibility index (Phi) is 4.01. The molecule has 1 saturated heterocycles. The normalized spacial score (nSPS) is 21.1. The van der Waals surface area contributed by atoms with E-state index in [4.69, 9.17) is 0 Å². The van der Waals surface area contributed by atoms with Gasteiger partial charge in [-0.3, -0.25) is 0 Å². The minimum absolute atomic E-state index is 0.230. The Morgan fingerprint density at radius 1 is 1.56 bits per heavy atom. The van der Waals surface area contributed by atoms with Gasteiger partial charge in [-0.1, -0.05) is 6.92 Å². The highest BCUT2D eigenvalue weighted by Gasteiger charge is 2.22. The Labute approximate surface area is 108 Å². The summed E-state index contributed by atoms with van der Waals surface area (Å²) in [7, 11) is 0. The van der Waals surface area contributed by atoms with E-state index in [1.54, 1.807) is 0 Å². The van der Waals surface area contributed by atoms with Crippen molar-refractivity contribution in [2.45, 2.75) is 45.8 Å². The molecule has 0 aliphatic carbocycles. The predicted octanol–water partition coefficient (Wildman–Crippen LogP) is 1.57. The van der Waals surface area contributed by atoms with Crippen LogP contribution in [-0.2, 0) is 0 Å². The molecule has 0 amide bonds. The third-order valence-electron chi connectivity index (χ3n) is 3.32. The molecule has 1 aliphatic rings. The van der Waals surface area contributed by atoms with E-state index in [1.165, 1.54) is 0 Å². The standard InChI is InChI=1S/C13H22N4O/c1-4-9(2)14-12-7-13(16-10(3)15-12)17-6-5-11(18)8-17/h7,9,11,18H,4-6,8H2,1-3H3,(H,14,15,16). The number of nitrogens with zero attached hydrogens (tertiary/aromatic N) is 3. The monoisotopic (exact) mass is 250 g/mol. The van der Waals surface area contributed by atoms with E-state index in [-0.39, 0.29) is 6.10 Å². The summed E-state index contributed by atoms with van der Waals surface area (Å²) in [5, 5.41) is 12.9. The van der Waals surface area contributed by atoms with E-state index in [9.17, 15) is 5.11 Å². The van der Waals surface area contributed by atoms with Crippen LogP contribution in [0.2, 0.25) is 0 Å². The second-order valence-corrected chi connectivity index (χ2v) is 5.00. The molecule has 5 nitrogen and oxygen atoms in total. The maximum absolute atomic E-state index is 9.58. The van der Waals surface area contributed by atoms with Crippen LogP contribution >= 0.6 is 0 Å². The Hall–Kier alpha value is -1.36.